The number of carbonyl (C=O) groups is 3. The monoisotopic (exact) mass is 341 g/mol. The molecule has 25 heavy (non-hydrogen) atoms. The predicted octanol–water partition coefficient (Wildman–Crippen LogP) is 2.02. The molecule has 1 fully saturated rings. The van der Waals surface area contributed by atoms with Crippen LogP contribution in [0.1, 0.15) is 41.6 Å². The van der Waals surface area contributed by atoms with Gasteiger partial charge in [0.15, 0.2) is 5.78 Å². The Morgan fingerprint density at radius 1 is 1.08 bits per heavy atom. The Morgan fingerprint density at radius 3 is 2.32 bits per heavy atom. The van der Waals surface area contributed by atoms with Crippen molar-refractivity contribution in [3.05, 3.63) is 35.4 Å². The highest BCUT2D eigenvalue weighted by Crippen LogP contribution is 2.23. The minimum Gasteiger partial charge on any atom is -0.337 e. The number of carbonyl (C=O) groups excluding carboxylic acids is 3. The Hall–Kier alpha value is -2.50. The van der Waals surface area contributed by atoms with Crippen LogP contribution in [0.3, 0.4) is 0 Å². The third-order valence-corrected chi connectivity index (χ3v) is 4.94. The van der Waals surface area contributed by atoms with Gasteiger partial charge in [-0.1, -0.05) is 29.8 Å². The summed E-state index contributed by atoms with van der Waals surface area (Å²) < 4.78 is 0. The number of hydrogen-bond acceptors (Lipinski definition) is 4. The molecule has 1 aromatic carbocycles. The molecule has 0 N–H and O–H groups in total. The molecule has 2 aliphatic heterocycles. The summed E-state index contributed by atoms with van der Waals surface area (Å²) in [6.07, 6.45) is 2.05. The van der Waals surface area contributed by atoms with Gasteiger partial charge in [-0.25, -0.2) is 5.01 Å². The molecule has 2 heterocycles. The van der Waals surface area contributed by atoms with E-state index in [1.807, 2.05) is 31.2 Å². The number of aryl methyl sites for hydroxylation is 1. The molecular weight excluding hydrogens is 318 g/mol. The maximum Gasteiger partial charge on any atom is 0.270 e. The second-order valence-electron chi connectivity index (χ2n) is 6.76. The van der Waals surface area contributed by atoms with Crippen molar-refractivity contribution in [3.8, 4) is 0 Å². The number of hydrazone groups is 1. The van der Waals surface area contributed by atoms with Crippen LogP contribution in [-0.2, 0) is 9.59 Å². The third kappa shape index (κ3) is 3.78. The Bertz CT molecular complexity index is 716. The summed E-state index contributed by atoms with van der Waals surface area (Å²) in [5.41, 5.74) is 2.31. The number of hydrogen-bond donors (Lipinski definition) is 0. The number of nitrogens with zero attached hydrogens (tertiary/aromatic N) is 3. The summed E-state index contributed by atoms with van der Waals surface area (Å²) >= 11 is 0. The number of piperidine rings is 1. The van der Waals surface area contributed by atoms with Crippen LogP contribution in [-0.4, -0.2) is 53.4 Å². The first-order valence-corrected chi connectivity index (χ1v) is 8.70. The summed E-state index contributed by atoms with van der Waals surface area (Å²) in [5.74, 6) is -0.0590. The fourth-order valence-electron chi connectivity index (χ4n) is 3.30. The second-order valence-corrected chi connectivity index (χ2v) is 6.76. The summed E-state index contributed by atoms with van der Waals surface area (Å²) in [7, 11) is 1.57. The first-order chi connectivity index (χ1) is 12.0. The fraction of sp³-hybridized carbons (Fsp3) is 0.474. The molecule has 6 nitrogen and oxygen atoms in total. The van der Waals surface area contributed by atoms with Gasteiger partial charge in [-0.3, -0.25) is 14.4 Å². The van der Waals surface area contributed by atoms with Gasteiger partial charge in [0.05, 0.1) is 0 Å². The zero-order valence-corrected chi connectivity index (χ0v) is 14.7. The molecule has 0 radical (unpaired) electrons. The number of likely N-dealkylation sites (tertiary alicyclic amines) is 1. The van der Waals surface area contributed by atoms with Crippen LogP contribution < -0.4 is 0 Å². The molecular formula is C19H23N3O3. The Kier molecular flexibility index (Phi) is 4.97. The van der Waals surface area contributed by atoms with E-state index in [-0.39, 0.29) is 23.5 Å². The van der Waals surface area contributed by atoms with Crippen LogP contribution in [0.25, 0.3) is 0 Å². The van der Waals surface area contributed by atoms with E-state index < -0.39 is 0 Å². The van der Waals surface area contributed by atoms with Crippen molar-refractivity contribution < 1.29 is 14.4 Å². The van der Waals surface area contributed by atoms with Crippen molar-refractivity contribution in [2.45, 2.75) is 32.6 Å². The van der Waals surface area contributed by atoms with E-state index in [9.17, 15) is 14.4 Å². The van der Waals surface area contributed by atoms with Gasteiger partial charge < -0.3 is 4.90 Å². The van der Waals surface area contributed by atoms with Crippen LogP contribution >= 0.6 is 0 Å². The summed E-state index contributed by atoms with van der Waals surface area (Å²) in [6.45, 7) is 3.10. The highest BCUT2D eigenvalue weighted by Gasteiger charge is 2.31. The van der Waals surface area contributed by atoms with Crippen LogP contribution in [0.4, 0.5) is 0 Å². The molecule has 0 spiro atoms. The van der Waals surface area contributed by atoms with Crippen LogP contribution in [0, 0.1) is 12.8 Å². The maximum atomic E-state index is 12.6. The van der Waals surface area contributed by atoms with Gasteiger partial charge in [0.2, 0.25) is 5.91 Å². The molecule has 0 atom stereocenters. The topological polar surface area (TPSA) is 70.1 Å². The zero-order valence-electron chi connectivity index (χ0n) is 14.7. The smallest absolute Gasteiger partial charge is 0.270 e. The average molecular weight is 341 g/mol. The molecule has 1 aromatic rings. The lowest BCUT2D eigenvalue weighted by Gasteiger charge is -2.32. The van der Waals surface area contributed by atoms with E-state index in [2.05, 4.69) is 5.10 Å². The third-order valence-electron chi connectivity index (χ3n) is 4.94. The minimum absolute atomic E-state index is 0.0377. The Morgan fingerprint density at radius 2 is 1.72 bits per heavy atom. The normalized spacial score (nSPS) is 19.0. The lowest BCUT2D eigenvalue weighted by molar-refractivity contribution is -0.130. The molecule has 2 amide bonds. The standard InChI is InChI=1S/C19H23N3O3/c1-13-3-5-14(6-4-13)18(24)15-9-11-22(12-10-15)19(25)16-7-8-17(23)21(2)20-16/h3-6,15H,7-12H2,1-2H3. The first-order valence-electron chi connectivity index (χ1n) is 8.70. The highest BCUT2D eigenvalue weighted by atomic mass is 16.2. The van der Waals surface area contributed by atoms with E-state index in [0.717, 1.165) is 11.1 Å². The van der Waals surface area contributed by atoms with E-state index in [4.69, 9.17) is 0 Å². The molecule has 0 aliphatic carbocycles. The number of amides is 2. The molecule has 2 aliphatic rings. The van der Waals surface area contributed by atoms with Crippen molar-refractivity contribution >= 4 is 23.3 Å². The number of ketones is 1. The van der Waals surface area contributed by atoms with Crippen molar-refractivity contribution in [2.24, 2.45) is 11.0 Å². The molecule has 0 aromatic heterocycles. The van der Waals surface area contributed by atoms with Crippen molar-refractivity contribution in [1.82, 2.24) is 9.91 Å². The van der Waals surface area contributed by atoms with E-state index >= 15 is 0 Å². The van der Waals surface area contributed by atoms with E-state index in [1.165, 1.54) is 5.01 Å². The maximum absolute atomic E-state index is 12.6. The summed E-state index contributed by atoms with van der Waals surface area (Å²) in [5, 5.41) is 5.33. The van der Waals surface area contributed by atoms with Crippen molar-refractivity contribution in [1.29, 1.82) is 0 Å². The van der Waals surface area contributed by atoms with Gasteiger partial charge >= 0.3 is 0 Å². The highest BCUT2D eigenvalue weighted by molar-refractivity contribution is 6.39. The predicted molar refractivity (Wildman–Crippen MR) is 94.3 cm³/mol. The first kappa shape index (κ1) is 17.3. The van der Waals surface area contributed by atoms with Gasteiger partial charge in [0.1, 0.15) is 5.71 Å². The van der Waals surface area contributed by atoms with Crippen molar-refractivity contribution in [2.75, 3.05) is 20.1 Å². The second kappa shape index (κ2) is 7.17. The van der Waals surface area contributed by atoms with Gasteiger partial charge in [-0.05, 0) is 19.8 Å². The number of rotatable bonds is 3. The van der Waals surface area contributed by atoms with Crippen LogP contribution in [0.15, 0.2) is 29.4 Å². The molecule has 6 heteroatoms. The van der Waals surface area contributed by atoms with Crippen LogP contribution in [0.2, 0.25) is 0 Å². The van der Waals surface area contributed by atoms with E-state index in [0.29, 0.717) is 44.5 Å². The SMILES string of the molecule is Cc1ccc(C(=O)C2CCN(C(=O)C3=NN(C)C(=O)CC3)CC2)cc1. The largest absolute Gasteiger partial charge is 0.337 e. The molecule has 0 bridgehead atoms. The Balaban J connectivity index is 1.59. The quantitative estimate of drug-likeness (QED) is 0.790. The fourth-order valence-corrected chi connectivity index (χ4v) is 3.30. The summed E-state index contributed by atoms with van der Waals surface area (Å²) in [4.78, 5) is 38.4. The van der Waals surface area contributed by atoms with Gasteiger partial charge in [0.25, 0.3) is 5.91 Å². The lowest BCUT2D eigenvalue weighted by Crippen LogP contribution is -2.45. The van der Waals surface area contributed by atoms with Crippen LogP contribution in [0.5, 0.6) is 0 Å². The number of benzene rings is 1. The lowest BCUT2D eigenvalue weighted by atomic mass is 9.88. The van der Waals surface area contributed by atoms with Crippen molar-refractivity contribution in [3.63, 3.8) is 0 Å². The molecule has 132 valence electrons. The van der Waals surface area contributed by atoms with E-state index in [1.54, 1.807) is 11.9 Å². The van der Waals surface area contributed by atoms with Gasteiger partial charge in [-0.15, -0.1) is 0 Å². The number of Topliss-reactive ketones (excluding diaryl/α,β-unsaturated/α-hetero) is 1. The minimum atomic E-state index is -0.111. The zero-order chi connectivity index (χ0) is 18.0. The molecule has 3 rings (SSSR count). The summed E-state index contributed by atoms with van der Waals surface area (Å²) in [6, 6.07) is 7.65. The molecule has 0 unspecified atom stereocenters. The molecule has 1 saturated heterocycles. The Labute approximate surface area is 147 Å². The molecule has 0 saturated carbocycles. The van der Waals surface area contributed by atoms with Gasteiger partial charge in [0, 0.05) is 44.5 Å². The average Bonchev–Trinajstić information content (AvgIpc) is 2.63. The van der Waals surface area contributed by atoms with Gasteiger partial charge in [-0.2, -0.15) is 5.10 Å².